The Labute approximate surface area is 179 Å². The molecule has 0 atom stereocenters. The first-order valence-corrected chi connectivity index (χ1v) is 9.89. The third-order valence-electron chi connectivity index (χ3n) is 3.99. The zero-order valence-electron chi connectivity index (χ0n) is 17.0. The smallest absolute Gasteiger partial charge is 0.349 e. The molecule has 0 saturated heterocycles. The predicted octanol–water partition coefficient (Wildman–Crippen LogP) is 4.53. The normalized spacial score (nSPS) is 11.1. The SMILES string of the molecule is COCCOC(=O)c1ccc(OC(=O)COc2ccc(C(C)(C)C)cc2Br)cc1. The van der Waals surface area contributed by atoms with E-state index < -0.39 is 11.9 Å². The van der Waals surface area contributed by atoms with Gasteiger partial charge < -0.3 is 18.9 Å². The van der Waals surface area contributed by atoms with E-state index in [1.54, 1.807) is 0 Å². The van der Waals surface area contributed by atoms with Gasteiger partial charge in [-0.3, -0.25) is 0 Å². The fraction of sp³-hybridized carbons (Fsp3) is 0.364. The Morgan fingerprint density at radius 1 is 1.00 bits per heavy atom. The van der Waals surface area contributed by atoms with Gasteiger partial charge in [0.1, 0.15) is 18.1 Å². The van der Waals surface area contributed by atoms with Gasteiger partial charge in [0.25, 0.3) is 0 Å². The van der Waals surface area contributed by atoms with E-state index in [0.717, 1.165) is 10.0 Å². The number of hydrogen-bond donors (Lipinski definition) is 0. The van der Waals surface area contributed by atoms with Crippen molar-refractivity contribution in [2.24, 2.45) is 0 Å². The van der Waals surface area contributed by atoms with Crippen LogP contribution in [0.3, 0.4) is 0 Å². The number of carbonyl (C=O) groups excluding carboxylic acids is 2. The van der Waals surface area contributed by atoms with Crippen LogP contribution in [0, 0.1) is 0 Å². The molecule has 29 heavy (non-hydrogen) atoms. The number of ether oxygens (including phenoxy) is 4. The van der Waals surface area contributed by atoms with Crippen LogP contribution in [0.5, 0.6) is 11.5 Å². The monoisotopic (exact) mass is 464 g/mol. The fourth-order valence-electron chi connectivity index (χ4n) is 2.34. The summed E-state index contributed by atoms with van der Waals surface area (Å²) in [4.78, 5) is 23.9. The first kappa shape index (κ1) is 22.9. The predicted molar refractivity (Wildman–Crippen MR) is 113 cm³/mol. The molecule has 2 rings (SSSR count). The minimum Gasteiger partial charge on any atom is -0.481 e. The molecular formula is C22H25BrO6. The molecule has 0 saturated carbocycles. The number of rotatable bonds is 8. The molecule has 6 nitrogen and oxygen atoms in total. The van der Waals surface area contributed by atoms with E-state index in [-0.39, 0.29) is 18.6 Å². The van der Waals surface area contributed by atoms with E-state index in [2.05, 4.69) is 36.7 Å². The molecule has 0 bridgehead atoms. The zero-order valence-corrected chi connectivity index (χ0v) is 18.6. The molecule has 0 aliphatic rings. The van der Waals surface area contributed by atoms with Crippen LogP contribution in [0.2, 0.25) is 0 Å². The highest BCUT2D eigenvalue weighted by atomic mass is 79.9. The first-order valence-electron chi connectivity index (χ1n) is 9.10. The minimum absolute atomic E-state index is 0.0162. The maximum atomic E-state index is 12.0. The molecule has 0 heterocycles. The summed E-state index contributed by atoms with van der Waals surface area (Å²) >= 11 is 3.47. The molecule has 0 unspecified atom stereocenters. The van der Waals surface area contributed by atoms with Crippen molar-refractivity contribution < 1.29 is 28.5 Å². The Morgan fingerprint density at radius 2 is 1.69 bits per heavy atom. The number of methoxy groups -OCH3 is 1. The van der Waals surface area contributed by atoms with Gasteiger partial charge in [0.2, 0.25) is 0 Å². The molecule has 0 N–H and O–H groups in total. The van der Waals surface area contributed by atoms with Crippen LogP contribution in [-0.2, 0) is 19.7 Å². The van der Waals surface area contributed by atoms with Crippen LogP contribution in [0.1, 0.15) is 36.7 Å². The summed E-state index contributed by atoms with van der Waals surface area (Å²) < 4.78 is 21.4. The van der Waals surface area contributed by atoms with Crippen LogP contribution in [0.15, 0.2) is 46.9 Å². The van der Waals surface area contributed by atoms with Crippen molar-refractivity contribution in [1.82, 2.24) is 0 Å². The van der Waals surface area contributed by atoms with Crippen molar-refractivity contribution in [3.8, 4) is 11.5 Å². The maximum absolute atomic E-state index is 12.0. The summed E-state index contributed by atoms with van der Waals surface area (Å²) in [6.07, 6.45) is 0. The Morgan fingerprint density at radius 3 is 2.28 bits per heavy atom. The average molecular weight is 465 g/mol. The molecule has 0 radical (unpaired) electrons. The highest BCUT2D eigenvalue weighted by molar-refractivity contribution is 9.10. The lowest BCUT2D eigenvalue weighted by Gasteiger charge is -2.20. The van der Waals surface area contributed by atoms with Gasteiger partial charge in [0, 0.05) is 7.11 Å². The highest BCUT2D eigenvalue weighted by Gasteiger charge is 2.16. The van der Waals surface area contributed by atoms with Crippen molar-refractivity contribution in [2.75, 3.05) is 26.9 Å². The van der Waals surface area contributed by atoms with Gasteiger partial charge in [0.05, 0.1) is 16.6 Å². The summed E-state index contributed by atoms with van der Waals surface area (Å²) in [7, 11) is 1.53. The van der Waals surface area contributed by atoms with E-state index in [0.29, 0.717) is 23.7 Å². The van der Waals surface area contributed by atoms with E-state index in [1.807, 2.05) is 18.2 Å². The van der Waals surface area contributed by atoms with E-state index in [1.165, 1.54) is 31.4 Å². The fourth-order valence-corrected chi connectivity index (χ4v) is 2.84. The number of esters is 2. The summed E-state index contributed by atoms with van der Waals surface area (Å²) in [5, 5.41) is 0. The average Bonchev–Trinajstić information content (AvgIpc) is 2.67. The van der Waals surface area contributed by atoms with E-state index in [9.17, 15) is 9.59 Å². The first-order chi connectivity index (χ1) is 13.7. The van der Waals surface area contributed by atoms with Crippen LogP contribution >= 0.6 is 15.9 Å². The van der Waals surface area contributed by atoms with Gasteiger partial charge in [-0.05, 0) is 63.3 Å². The second kappa shape index (κ2) is 10.4. The molecule has 7 heteroatoms. The Balaban J connectivity index is 1.87. The molecule has 0 amide bonds. The van der Waals surface area contributed by atoms with Gasteiger partial charge in [-0.2, -0.15) is 0 Å². The Hall–Kier alpha value is -2.38. The minimum atomic E-state index is -0.549. The number of carbonyl (C=O) groups is 2. The molecule has 156 valence electrons. The van der Waals surface area contributed by atoms with Crippen molar-refractivity contribution in [1.29, 1.82) is 0 Å². The van der Waals surface area contributed by atoms with Gasteiger partial charge in [-0.15, -0.1) is 0 Å². The quantitative estimate of drug-likeness (QED) is 0.324. The summed E-state index contributed by atoms with van der Waals surface area (Å²) in [5.74, 6) is -0.141. The third kappa shape index (κ3) is 7.18. The zero-order chi connectivity index (χ0) is 21.4. The lowest BCUT2D eigenvalue weighted by molar-refractivity contribution is -0.136. The van der Waals surface area contributed by atoms with Gasteiger partial charge in [-0.1, -0.05) is 26.8 Å². The van der Waals surface area contributed by atoms with Crippen molar-refractivity contribution in [3.63, 3.8) is 0 Å². The lowest BCUT2D eigenvalue weighted by Crippen LogP contribution is -2.18. The summed E-state index contributed by atoms with van der Waals surface area (Å²) in [5.41, 5.74) is 1.53. The van der Waals surface area contributed by atoms with Crippen LogP contribution in [-0.4, -0.2) is 38.9 Å². The molecular weight excluding hydrogens is 440 g/mol. The largest absolute Gasteiger partial charge is 0.481 e. The third-order valence-corrected chi connectivity index (χ3v) is 4.61. The summed E-state index contributed by atoms with van der Waals surface area (Å²) in [6.45, 7) is 6.63. The van der Waals surface area contributed by atoms with Gasteiger partial charge in [0.15, 0.2) is 6.61 Å². The highest BCUT2D eigenvalue weighted by Crippen LogP contribution is 2.31. The number of benzene rings is 2. The van der Waals surface area contributed by atoms with Gasteiger partial charge >= 0.3 is 11.9 Å². The Kier molecular flexibility index (Phi) is 8.22. The van der Waals surface area contributed by atoms with Crippen LogP contribution in [0.4, 0.5) is 0 Å². The molecule has 0 aromatic heterocycles. The number of hydrogen-bond acceptors (Lipinski definition) is 6. The lowest BCUT2D eigenvalue weighted by atomic mass is 9.87. The molecule has 0 spiro atoms. The van der Waals surface area contributed by atoms with Crippen molar-refractivity contribution in [3.05, 3.63) is 58.1 Å². The molecule has 0 aliphatic heterocycles. The second-order valence-corrected chi connectivity index (χ2v) is 8.17. The van der Waals surface area contributed by atoms with Crippen LogP contribution < -0.4 is 9.47 Å². The molecule has 2 aromatic rings. The number of halogens is 1. The van der Waals surface area contributed by atoms with E-state index >= 15 is 0 Å². The van der Waals surface area contributed by atoms with Crippen molar-refractivity contribution >= 4 is 27.9 Å². The second-order valence-electron chi connectivity index (χ2n) is 7.31. The standard InChI is InChI=1S/C22H25BrO6/c1-22(2,3)16-7-10-19(18(23)13-16)28-14-20(24)29-17-8-5-15(6-9-17)21(25)27-12-11-26-4/h5-10,13H,11-12,14H2,1-4H3. The summed E-state index contributed by atoms with van der Waals surface area (Å²) in [6, 6.07) is 11.9. The van der Waals surface area contributed by atoms with Crippen LogP contribution in [0.25, 0.3) is 0 Å². The van der Waals surface area contributed by atoms with Crippen molar-refractivity contribution in [2.45, 2.75) is 26.2 Å². The molecule has 0 fully saturated rings. The van der Waals surface area contributed by atoms with E-state index in [4.69, 9.17) is 18.9 Å². The maximum Gasteiger partial charge on any atom is 0.349 e. The van der Waals surface area contributed by atoms with Gasteiger partial charge in [-0.25, -0.2) is 9.59 Å². The molecule has 0 aliphatic carbocycles. The Bertz CT molecular complexity index is 839. The molecule has 2 aromatic carbocycles. The topological polar surface area (TPSA) is 71.1 Å².